The van der Waals surface area contributed by atoms with E-state index in [1.165, 1.54) is 25.1 Å². The standard InChI is InChI=1S/C12H12F2O2/c1-11(14)6-12(7-11,10(15)16)8-4-2-3-5-9(8)13/h2-5H,6-7H2,1H3,(H,15,16). The normalized spacial score (nSPS) is 33.2. The molecule has 0 amide bonds. The van der Waals surface area contributed by atoms with Crippen molar-refractivity contribution in [2.75, 3.05) is 0 Å². The van der Waals surface area contributed by atoms with E-state index in [-0.39, 0.29) is 18.4 Å². The van der Waals surface area contributed by atoms with Gasteiger partial charge < -0.3 is 5.11 Å². The van der Waals surface area contributed by atoms with Crippen LogP contribution >= 0.6 is 0 Å². The van der Waals surface area contributed by atoms with Gasteiger partial charge in [0.05, 0.1) is 0 Å². The second-order valence-electron chi connectivity index (χ2n) is 4.63. The summed E-state index contributed by atoms with van der Waals surface area (Å²) in [7, 11) is 0. The minimum atomic E-state index is -1.51. The van der Waals surface area contributed by atoms with Crippen molar-refractivity contribution in [3.63, 3.8) is 0 Å². The number of hydrogen-bond donors (Lipinski definition) is 1. The Bertz CT molecular complexity index is 432. The molecule has 86 valence electrons. The third kappa shape index (κ3) is 1.49. The first-order valence-electron chi connectivity index (χ1n) is 5.05. The summed E-state index contributed by atoms with van der Waals surface area (Å²) in [6.45, 7) is 1.34. The van der Waals surface area contributed by atoms with Gasteiger partial charge in [0.15, 0.2) is 0 Å². The second kappa shape index (κ2) is 3.27. The molecule has 0 saturated heterocycles. The average Bonchev–Trinajstić information content (AvgIpc) is 2.14. The Kier molecular flexibility index (Phi) is 2.26. The summed E-state index contributed by atoms with van der Waals surface area (Å²) in [5.41, 5.74) is -2.83. The van der Waals surface area contributed by atoms with Gasteiger partial charge in [0.1, 0.15) is 16.9 Å². The molecule has 0 aromatic heterocycles. The van der Waals surface area contributed by atoms with Crippen molar-refractivity contribution in [3.8, 4) is 0 Å². The van der Waals surface area contributed by atoms with E-state index in [1.54, 1.807) is 6.07 Å². The van der Waals surface area contributed by atoms with Gasteiger partial charge >= 0.3 is 5.97 Å². The van der Waals surface area contributed by atoms with E-state index in [2.05, 4.69) is 0 Å². The number of alkyl halides is 1. The zero-order valence-electron chi connectivity index (χ0n) is 8.84. The first-order valence-corrected chi connectivity index (χ1v) is 5.05. The van der Waals surface area contributed by atoms with Gasteiger partial charge in [-0.1, -0.05) is 18.2 Å². The highest BCUT2D eigenvalue weighted by molar-refractivity contribution is 5.83. The zero-order valence-corrected chi connectivity index (χ0v) is 8.84. The predicted octanol–water partition coefficient (Wildman–Crippen LogP) is 2.67. The lowest BCUT2D eigenvalue weighted by Gasteiger charge is -2.47. The minimum absolute atomic E-state index is 0.0811. The highest BCUT2D eigenvalue weighted by atomic mass is 19.1. The number of carboxylic acids is 1. The van der Waals surface area contributed by atoms with Gasteiger partial charge in [-0.15, -0.1) is 0 Å². The number of aliphatic carboxylic acids is 1. The maximum atomic E-state index is 13.5. The molecule has 0 radical (unpaired) electrons. The van der Waals surface area contributed by atoms with Crippen molar-refractivity contribution in [3.05, 3.63) is 35.6 Å². The maximum Gasteiger partial charge on any atom is 0.314 e. The van der Waals surface area contributed by atoms with E-state index < -0.39 is 22.9 Å². The van der Waals surface area contributed by atoms with Crippen molar-refractivity contribution in [2.24, 2.45) is 0 Å². The molecule has 2 rings (SSSR count). The van der Waals surface area contributed by atoms with Gasteiger partial charge in [0.2, 0.25) is 0 Å². The highest BCUT2D eigenvalue weighted by Crippen LogP contribution is 2.53. The molecule has 0 atom stereocenters. The van der Waals surface area contributed by atoms with E-state index in [0.717, 1.165) is 0 Å². The molecule has 16 heavy (non-hydrogen) atoms. The van der Waals surface area contributed by atoms with Crippen molar-refractivity contribution >= 4 is 5.97 Å². The molecule has 4 heteroatoms. The fourth-order valence-electron chi connectivity index (χ4n) is 2.51. The van der Waals surface area contributed by atoms with E-state index >= 15 is 0 Å². The summed E-state index contributed by atoms with van der Waals surface area (Å²) in [5.74, 6) is -1.74. The Morgan fingerprint density at radius 2 is 1.94 bits per heavy atom. The summed E-state index contributed by atoms with van der Waals surface area (Å²) in [4.78, 5) is 11.2. The number of halogens is 2. The predicted molar refractivity (Wildman–Crippen MR) is 54.5 cm³/mol. The van der Waals surface area contributed by atoms with Crippen LogP contribution < -0.4 is 0 Å². The quantitative estimate of drug-likeness (QED) is 0.841. The monoisotopic (exact) mass is 226 g/mol. The third-order valence-corrected chi connectivity index (χ3v) is 3.14. The largest absolute Gasteiger partial charge is 0.481 e. The third-order valence-electron chi connectivity index (χ3n) is 3.14. The molecule has 1 fully saturated rings. The van der Waals surface area contributed by atoms with Crippen LogP contribution in [-0.2, 0) is 10.2 Å². The van der Waals surface area contributed by atoms with Gasteiger partial charge in [-0.2, -0.15) is 0 Å². The van der Waals surface area contributed by atoms with Crippen LogP contribution in [0.3, 0.4) is 0 Å². The number of carboxylic acid groups (broad SMARTS) is 1. The topological polar surface area (TPSA) is 37.3 Å². The highest BCUT2D eigenvalue weighted by Gasteiger charge is 2.59. The van der Waals surface area contributed by atoms with Gasteiger partial charge in [-0.25, -0.2) is 8.78 Å². The van der Waals surface area contributed by atoms with Gasteiger partial charge in [0, 0.05) is 18.4 Å². The fraction of sp³-hybridized carbons (Fsp3) is 0.417. The van der Waals surface area contributed by atoms with Crippen LogP contribution in [-0.4, -0.2) is 16.7 Å². The van der Waals surface area contributed by atoms with Crippen LogP contribution in [0.4, 0.5) is 8.78 Å². The summed E-state index contributed by atoms with van der Waals surface area (Å²) >= 11 is 0. The Labute approximate surface area is 91.9 Å². The van der Waals surface area contributed by atoms with E-state index in [1.807, 2.05) is 0 Å². The first kappa shape index (κ1) is 11.0. The molecule has 0 bridgehead atoms. The van der Waals surface area contributed by atoms with Crippen molar-refractivity contribution in [1.82, 2.24) is 0 Å². The molecular formula is C12H12F2O2. The average molecular weight is 226 g/mol. The lowest BCUT2D eigenvalue weighted by Crippen LogP contribution is -2.55. The smallest absolute Gasteiger partial charge is 0.314 e. The van der Waals surface area contributed by atoms with Gasteiger partial charge in [-0.05, 0) is 13.0 Å². The lowest BCUT2D eigenvalue weighted by atomic mass is 9.57. The van der Waals surface area contributed by atoms with Crippen LogP contribution in [0, 0.1) is 5.82 Å². The molecule has 0 spiro atoms. The van der Waals surface area contributed by atoms with Crippen LogP contribution in [0.25, 0.3) is 0 Å². The van der Waals surface area contributed by atoms with Crippen molar-refractivity contribution < 1.29 is 18.7 Å². The Morgan fingerprint density at radius 3 is 2.38 bits per heavy atom. The van der Waals surface area contributed by atoms with E-state index in [0.29, 0.717) is 0 Å². The molecule has 1 N–H and O–H groups in total. The van der Waals surface area contributed by atoms with E-state index in [9.17, 15) is 13.6 Å². The molecule has 0 aliphatic heterocycles. The molecular weight excluding hydrogens is 214 g/mol. The zero-order chi connectivity index (χ0) is 12.0. The lowest BCUT2D eigenvalue weighted by molar-refractivity contribution is -0.155. The molecule has 0 heterocycles. The van der Waals surface area contributed by atoms with Crippen LogP contribution in [0.2, 0.25) is 0 Å². The molecule has 1 aliphatic carbocycles. The van der Waals surface area contributed by atoms with Crippen LogP contribution in [0.1, 0.15) is 25.3 Å². The molecule has 1 aromatic rings. The summed E-state index contributed by atoms with van der Waals surface area (Å²) in [6, 6.07) is 5.67. The van der Waals surface area contributed by atoms with Crippen molar-refractivity contribution in [1.29, 1.82) is 0 Å². The molecule has 2 nitrogen and oxygen atoms in total. The Hall–Kier alpha value is -1.45. The van der Waals surface area contributed by atoms with Crippen LogP contribution in [0.5, 0.6) is 0 Å². The number of benzene rings is 1. The number of hydrogen-bond acceptors (Lipinski definition) is 1. The fourth-order valence-corrected chi connectivity index (χ4v) is 2.51. The summed E-state index contributed by atoms with van der Waals surface area (Å²) < 4.78 is 27.0. The Balaban J connectivity index is 2.44. The SMILES string of the molecule is CC1(F)CC(C(=O)O)(c2ccccc2F)C1. The Morgan fingerprint density at radius 1 is 1.38 bits per heavy atom. The van der Waals surface area contributed by atoms with Crippen molar-refractivity contribution in [2.45, 2.75) is 30.8 Å². The van der Waals surface area contributed by atoms with Gasteiger partial charge in [0.25, 0.3) is 0 Å². The van der Waals surface area contributed by atoms with Crippen LogP contribution in [0.15, 0.2) is 24.3 Å². The summed E-state index contributed by atoms with van der Waals surface area (Å²) in [5, 5.41) is 9.16. The van der Waals surface area contributed by atoms with E-state index in [4.69, 9.17) is 5.11 Å². The number of rotatable bonds is 2. The molecule has 1 aliphatic rings. The second-order valence-corrected chi connectivity index (χ2v) is 4.63. The summed E-state index contributed by atoms with van der Waals surface area (Å²) in [6.07, 6.45) is -0.341. The maximum absolute atomic E-state index is 13.5. The minimum Gasteiger partial charge on any atom is -0.481 e. The molecule has 0 unspecified atom stereocenters. The molecule has 1 aromatic carbocycles. The van der Waals surface area contributed by atoms with Gasteiger partial charge in [-0.3, -0.25) is 4.79 Å². The molecule has 1 saturated carbocycles. The number of carbonyl (C=O) groups is 1. The first-order chi connectivity index (χ1) is 7.37.